The standard InChI is InChI=1S/C37H55NO4/c1-6-7-13-32(34-16-15-29(3)42-34)26-31(14-10-12-30-17-19-37(4,39)20-18-30)33-27-35(40-5)36(25-28(33)2)41-24-11-23-38-21-8-9-22-38/h13,15-16,25-27,30,39H,6-12,14,17-24H2,1-5H3/b31-26-,32-13-. The van der Waals surface area contributed by atoms with Gasteiger partial charge >= 0.3 is 0 Å². The van der Waals surface area contributed by atoms with Crippen molar-refractivity contribution in [2.75, 3.05) is 33.4 Å². The summed E-state index contributed by atoms with van der Waals surface area (Å²) in [5.41, 5.74) is 4.40. The van der Waals surface area contributed by atoms with Crippen molar-refractivity contribution in [1.29, 1.82) is 0 Å². The van der Waals surface area contributed by atoms with Crippen molar-refractivity contribution in [2.24, 2.45) is 5.92 Å². The van der Waals surface area contributed by atoms with Gasteiger partial charge in [-0.2, -0.15) is 0 Å². The van der Waals surface area contributed by atoms with Crippen LogP contribution in [0.2, 0.25) is 0 Å². The number of ether oxygens (including phenoxy) is 2. The number of aliphatic hydroxyl groups is 1. The van der Waals surface area contributed by atoms with Gasteiger partial charge in [0.15, 0.2) is 11.5 Å². The summed E-state index contributed by atoms with van der Waals surface area (Å²) in [7, 11) is 1.74. The smallest absolute Gasteiger partial charge is 0.161 e. The number of rotatable bonds is 15. The summed E-state index contributed by atoms with van der Waals surface area (Å²) in [5, 5.41) is 10.4. The fourth-order valence-electron chi connectivity index (χ4n) is 6.52. The summed E-state index contributed by atoms with van der Waals surface area (Å²) >= 11 is 0. The molecule has 0 amide bonds. The Bertz CT molecular complexity index is 1170. The molecule has 1 aromatic heterocycles. The molecule has 0 spiro atoms. The summed E-state index contributed by atoms with van der Waals surface area (Å²) in [6.45, 7) is 12.6. The molecule has 1 aliphatic carbocycles. The highest BCUT2D eigenvalue weighted by Gasteiger charge is 2.28. The Kier molecular flexibility index (Phi) is 12.2. The first-order valence-electron chi connectivity index (χ1n) is 16.5. The molecule has 5 heteroatoms. The third-order valence-corrected chi connectivity index (χ3v) is 9.18. The lowest BCUT2D eigenvalue weighted by Crippen LogP contribution is -2.30. The first-order chi connectivity index (χ1) is 20.3. The van der Waals surface area contributed by atoms with Crippen molar-refractivity contribution in [2.45, 2.75) is 110 Å². The fraction of sp³-hybridized carbons (Fsp3) is 0.622. The lowest BCUT2D eigenvalue weighted by molar-refractivity contribution is 0.00678. The number of hydrogen-bond acceptors (Lipinski definition) is 5. The van der Waals surface area contributed by atoms with Crippen LogP contribution in [0.3, 0.4) is 0 Å². The summed E-state index contributed by atoms with van der Waals surface area (Å²) in [6, 6.07) is 8.48. The van der Waals surface area contributed by atoms with Gasteiger partial charge in [-0.25, -0.2) is 0 Å². The molecule has 42 heavy (non-hydrogen) atoms. The molecule has 2 aliphatic rings. The van der Waals surface area contributed by atoms with Gasteiger partial charge in [-0.05, 0) is 151 Å². The lowest BCUT2D eigenvalue weighted by atomic mass is 9.77. The fourth-order valence-corrected chi connectivity index (χ4v) is 6.52. The monoisotopic (exact) mass is 577 g/mol. The molecule has 2 heterocycles. The minimum atomic E-state index is -0.479. The van der Waals surface area contributed by atoms with E-state index < -0.39 is 5.60 Å². The van der Waals surface area contributed by atoms with Crippen molar-refractivity contribution in [3.05, 3.63) is 59.1 Å². The van der Waals surface area contributed by atoms with Crippen LogP contribution < -0.4 is 9.47 Å². The Hall–Kier alpha value is -2.50. The van der Waals surface area contributed by atoms with Crippen molar-refractivity contribution in [3.63, 3.8) is 0 Å². The Balaban J connectivity index is 1.55. The zero-order valence-electron chi connectivity index (χ0n) is 27.0. The van der Waals surface area contributed by atoms with E-state index in [-0.39, 0.29) is 0 Å². The zero-order valence-corrected chi connectivity index (χ0v) is 27.0. The quantitative estimate of drug-likeness (QED) is 0.169. The number of hydrogen-bond donors (Lipinski definition) is 1. The second-order valence-electron chi connectivity index (χ2n) is 12.9. The molecule has 0 atom stereocenters. The van der Waals surface area contributed by atoms with Crippen LogP contribution in [0.5, 0.6) is 11.5 Å². The van der Waals surface area contributed by atoms with E-state index in [1.165, 1.54) is 49.1 Å². The zero-order chi connectivity index (χ0) is 30.0. The van der Waals surface area contributed by atoms with E-state index in [9.17, 15) is 5.11 Å². The highest BCUT2D eigenvalue weighted by Crippen LogP contribution is 2.39. The molecule has 232 valence electrons. The number of allylic oxidation sites excluding steroid dienone is 4. The van der Waals surface area contributed by atoms with E-state index in [4.69, 9.17) is 13.9 Å². The summed E-state index contributed by atoms with van der Waals surface area (Å²) < 4.78 is 18.2. The van der Waals surface area contributed by atoms with Crippen LogP contribution in [0.4, 0.5) is 0 Å². The maximum atomic E-state index is 10.4. The second-order valence-corrected chi connectivity index (χ2v) is 12.9. The van der Waals surface area contributed by atoms with Crippen LogP contribution >= 0.6 is 0 Å². The molecule has 1 aliphatic heterocycles. The first kappa shape index (κ1) is 32.4. The third-order valence-electron chi connectivity index (χ3n) is 9.18. The van der Waals surface area contributed by atoms with E-state index in [1.54, 1.807) is 7.11 Å². The van der Waals surface area contributed by atoms with Crippen LogP contribution in [-0.2, 0) is 0 Å². The highest BCUT2D eigenvalue weighted by molar-refractivity contribution is 5.84. The van der Waals surface area contributed by atoms with Gasteiger partial charge in [0.05, 0.1) is 19.3 Å². The number of aryl methyl sites for hydroxylation is 2. The number of likely N-dealkylation sites (tertiary alicyclic amines) is 1. The largest absolute Gasteiger partial charge is 0.493 e. The van der Waals surface area contributed by atoms with E-state index in [0.717, 1.165) is 92.9 Å². The number of methoxy groups -OCH3 is 1. The van der Waals surface area contributed by atoms with E-state index >= 15 is 0 Å². The van der Waals surface area contributed by atoms with Crippen LogP contribution in [0.15, 0.2) is 40.8 Å². The molecule has 0 unspecified atom stereocenters. The summed E-state index contributed by atoms with van der Waals surface area (Å²) in [4.78, 5) is 2.53. The van der Waals surface area contributed by atoms with Crippen molar-refractivity contribution in [1.82, 2.24) is 4.90 Å². The van der Waals surface area contributed by atoms with Gasteiger partial charge in [-0.1, -0.05) is 25.8 Å². The first-order valence-corrected chi connectivity index (χ1v) is 16.5. The molecule has 1 aromatic carbocycles. The van der Waals surface area contributed by atoms with Crippen molar-refractivity contribution < 1.29 is 19.0 Å². The summed E-state index contributed by atoms with van der Waals surface area (Å²) in [5.74, 6) is 4.18. The predicted octanol–water partition coefficient (Wildman–Crippen LogP) is 9.15. The molecule has 1 saturated carbocycles. The van der Waals surface area contributed by atoms with E-state index in [2.05, 4.69) is 49.1 Å². The molecule has 2 fully saturated rings. The SMILES string of the molecule is CCC/C=C(/C=C(/CCCC1CCC(C)(O)CC1)c1cc(OC)c(OCCCN2CCCC2)cc1C)c1ccc(C)o1. The van der Waals surface area contributed by atoms with Crippen LogP contribution in [0.25, 0.3) is 11.1 Å². The van der Waals surface area contributed by atoms with Gasteiger partial charge in [0.2, 0.25) is 0 Å². The molecule has 1 N–H and O–H groups in total. The Morgan fingerprint density at radius 2 is 1.86 bits per heavy atom. The molecule has 5 nitrogen and oxygen atoms in total. The van der Waals surface area contributed by atoms with Gasteiger partial charge in [-0.15, -0.1) is 0 Å². The lowest BCUT2D eigenvalue weighted by Gasteiger charge is -2.33. The molecule has 4 rings (SSSR count). The average molecular weight is 578 g/mol. The van der Waals surface area contributed by atoms with Gasteiger partial charge in [-0.3, -0.25) is 0 Å². The van der Waals surface area contributed by atoms with Gasteiger partial charge in [0.25, 0.3) is 0 Å². The summed E-state index contributed by atoms with van der Waals surface area (Å²) in [6.07, 6.45) is 17.8. The normalized spacial score (nSPS) is 22.1. The van der Waals surface area contributed by atoms with Crippen LogP contribution in [0.1, 0.15) is 114 Å². The molecular weight excluding hydrogens is 522 g/mol. The maximum absolute atomic E-state index is 10.4. The highest BCUT2D eigenvalue weighted by atomic mass is 16.5. The molecule has 0 radical (unpaired) electrons. The molecule has 2 aromatic rings. The minimum absolute atomic E-state index is 0.479. The predicted molar refractivity (Wildman–Crippen MR) is 174 cm³/mol. The van der Waals surface area contributed by atoms with Gasteiger partial charge in [0, 0.05) is 12.1 Å². The second kappa shape index (κ2) is 15.8. The number of unbranched alkanes of at least 4 members (excludes halogenated alkanes) is 1. The van der Waals surface area contributed by atoms with Crippen molar-refractivity contribution in [3.8, 4) is 11.5 Å². The minimum Gasteiger partial charge on any atom is -0.493 e. The average Bonchev–Trinajstić information content (AvgIpc) is 3.65. The van der Waals surface area contributed by atoms with Gasteiger partial charge in [0.1, 0.15) is 11.5 Å². The number of furan rings is 1. The third kappa shape index (κ3) is 9.50. The Morgan fingerprint density at radius 1 is 1.10 bits per heavy atom. The van der Waals surface area contributed by atoms with Crippen LogP contribution in [-0.4, -0.2) is 49.0 Å². The van der Waals surface area contributed by atoms with E-state index in [1.807, 2.05) is 19.9 Å². The number of nitrogens with zero attached hydrogens (tertiary/aromatic N) is 1. The van der Waals surface area contributed by atoms with Crippen molar-refractivity contribution >= 4 is 11.1 Å². The number of benzene rings is 1. The topological polar surface area (TPSA) is 55.1 Å². The van der Waals surface area contributed by atoms with Gasteiger partial charge < -0.3 is 23.9 Å². The van der Waals surface area contributed by atoms with E-state index in [0.29, 0.717) is 12.5 Å². The molecule has 0 bridgehead atoms. The van der Waals surface area contributed by atoms with Crippen LogP contribution in [0, 0.1) is 19.8 Å². The Morgan fingerprint density at radius 3 is 2.52 bits per heavy atom. The molecule has 1 saturated heterocycles. The molecular formula is C37H55NO4. The Labute approximate surface area is 255 Å². The maximum Gasteiger partial charge on any atom is 0.161 e.